The molecule has 0 saturated heterocycles. The average Bonchev–Trinajstić information content (AvgIpc) is 3.14. The summed E-state index contributed by atoms with van der Waals surface area (Å²) < 4.78 is 53.1. The quantitative estimate of drug-likeness (QED) is 0.535. The largest absolute Gasteiger partial charge is 0.573 e. The Morgan fingerprint density at radius 1 is 1.10 bits per heavy atom. The van der Waals surface area contributed by atoms with E-state index in [9.17, 15) is 18.0 Å². The van der Waals surface area contributed by atoms with Gasteiger partial charge in [0, 0.05) is 37.2 Å². The fourth-order valence-corrected chi connectivity index (χ4v) is 2.82. The Morgan fingerprint density at radius 2 is 1.84 bits per heavy atom. The van der Waals surface area contributed by atoms with E-state index < -0.39 is 18.0 Å². The van der Waals surface area contributed by atoms with E-state index in [0.29, 0.717) is 30.2 Å². The highest BCUT2D eigenvalue weighted by Crippen LogP contribution is 2.32. The Labute approximate surface area is 176 Å². The zero-order valence-corrected chi connectivity index (χ0v) is 16.8. The molecule has 2 aromatic carbocycles. The Bertz CT molecular complexity index is 1030. The summed E-state index contributed by atoms with van der Waals surface area (Å²) in [4.78, 5) is 12.5. The molecule has 0 atom stereocenters. The molecule has 0 aliphatic carbocycles. The number of nitrogens with zero attached hydrogens (tertiary/aromatic N) is 2. The summed E-state index contributed by atoms with van der Waals surface area (Å²) >= 11 is 0. The van der Waals surface area contributed by atoms with Crippen molar-refractivity contribution < 1.29 is 32.2 Å². The summed E-state index contributed by atoms with van der Waals surface area (Å²) in [6.45, 7) is 0.761. The number of ether oxygens (including phenoxy) is 3. The zero-order chi connectivity index (χ0) is 22.4. The highest BCUT2D eigenvalue weighted by molar-refractivity contribution is 6.04. The van der Waals surface area contributed by atoms with E-state index in [1.54, 1.807) is 43.2 Å². The van der Waals surface area contributed by atoms with Gasteiger partial charge in [-0.25, -0.2) is 0 Å². The van der Waals surface area contributed by atoms with Crippen LogP contribution in [-0.4, -0.2) is 42.4 Å². The molecule has 0 aliphatic heterocycles. The summed E-state index contributed by atoms with van der Waals surface area (Å²) in [5.74, 6) is -0.296. The molecule has 0 fully saturated rings. The maximum absolute atomic E-state index is 12.5. The van der Waals surface area contributed by atoms with Gasteiger partial charge in [0.15, 0.2) is 0 Å². The van der Waals surface area contributed by atoms with Gasteiger partial charge >= 0.3 is 6.36 Å². The number of anilines is 1. The van der Waals surface area contributed by atoms with Crippen LogP contribution in [0, 0.1) is 0 Å². The standard InChI is InChI=1S/C21H20F3N3O4/c1-27-18(9-10-25-27)17-13-15(5-8-19(17)30-12-11-29-2)26-20(28)14-3-6-16(7-4-14)31-21(22,23)24/h3-10,13H,11-12H2,1-2H3,(H,26,28). The molecule has 1 N–H and O–H groups in total. The van der Waals surface area contributed by atoms with Crippen molar-refractivity contribution >= 4 is 11.6 Å². The van der Waals surface area contributed by atoms with Gasteiger partial charge in [0.2, 0.25) is 0 Å². The first kappa shape index (κ1) is 22.2. The number of aryl methyl sites for hydroxylation is 1. The zero-order valence-electron chi connectivity index (χ0n) is 16.8. The van der Waals surface area contributed by atoms with Gasteiger partial charge in [-0.15, -0.1) is 13.2 Å². The van der Waals surface area contributed by atoms with E-state index in [1.807, 2.05) is 6.07 Å². The Hall–Kier alpha value is -3.53. The summed E-state index contributed by atoms with van der Waals surface area (Å²) in [5.41, 5.74) is 2.15. The van der Waals surface area contributed by atoms with Crippen LogP contribution in [0.4, 0.5) is 18.9 Å². The molecule has 0 aliphatic rings. The third-order valence-electron chi connectivity index (χ3n) is 4.23. The fourth-order valence-electron chi connectivity index (χ4n) is 2.82. The van der Waals surface area contributed by atoms with Crippen LogP contribution >= 0.6 is 0 Å². The molecule has 3 aromatic rings. The molecule has 1 amide bonds. The minimum atomic E-state index is -4.79. The molecule has 164 valence electrons. The molecule has 7 nitrogen and oxygen atoms in total. The number of carbonyl (C=O) groups excluding carboxylic acids is 1. The van der Waals surface area contributed by atoms with Crippen LogP contribution in [-0.2, 0) is 11.8 Å². The highest BCUT2D eigenvalue weighted by atomic mass is 19.4. The van der Waals surface area contributed by atoms with E-state index in [2.05, 4.69) is 15.2 Å². The van der Waals surface area contributed by atoms with Crippen LogP contribution in [0.2, 0.25) is 0 Å². The summed E-state index contributed by atoms with van der Waals surface area (Å²) in [6, 6.07) is 11.6. The van der Waals surface area contributed by atoms with E-state index in [4.69, 9.17) is 9.47 Å². The summed E-state index contributed by atoms with van der Waals surface area (Å²) in [6.07, 6.45) is -3.15. The van der Waals surface area contributed by atoms with Crippen LogP contribution in [0.1, 0.15) is 10.4 Å². The number of rotatable bonds is 8. The molecule has 0 unspecified atom stereocenters. The maximum Gasteiger partial charge on any atom is 0.573 e. The first-order valence-corrected chi connectivity index (χ1v) is 9.18. The molecule has 10 heteroatoms. The Kier molecular flexibility index (Phi) is 6.81. The molecule has 0 saturated carbocycles. The van der Waals surface area contributed by atoms with Gasteiger partial charge in [-0.2, -0.15) is 5.10 Å². The van der Waals surface area contributed by atoms with Gasteiger partial charge < -0.3 is 19.5 Å². The number of alkyl halides is 3. The van der Waals surface area contributed by atoms with E-state index in [0.717, 1.165) is 17.8 Å². The number of carbonyl (C=O) groups is 1. The molecule has 31 heavy (non-hydrogen) atoms. The van der Waals surface area contributed by atoms with E-state index in [1.165, 1.54) is 12.1 Å². The number of benzene rings is 2. The maximum atomic E-state index is 12.5. The van der Waals surface area contributed by atoms with Crippen molar-refractivity contribution in [2.45, 2.75) is 6.36 Å². The van der Waals surface area contributed by atoms with Gasteiger partial charge in [-0.1, -0.05) is 0 Å². The lowest BCUT2D eigenvalue weighted by molar-refractivity contribution is -0.274. The third-order valence-corrected chi connectivity index (χ3v) is 4.23. The van der Waals surface area contributed by atoms with Gasteiger partial charge in [0.1, 0.15) is 18.1 Å². The molecule has 1 heterocycles. The number of hydrogen-bond acceptors (Lipinski definition) is 5. The van der Waals surface area contributed by atoms with Crippen molar-refractivity contribution in [2.24, 2.45) is 7.05 Å². The van der Waals surface area contributed by atoms with Gasteiger partial charge in [0.05, 0.1) is 12.3 Å². The van der Waals surface area contributed by atoms with Crippen molar-refractivity contribution in [2.75, 3.05) is 25.6 Å². The van der Waals surface area contributed by atoms with Crippen LogP contribution in [0.15, 0.2) is 54.7 Å². The van der Waals surface area contributed by atoms with Crippen molar-refractivity contribution in [3.8, 4) is 22.8 Å². The van der Waals surface area contributed by atoms with Crippen LogP contribution < -0.4 is 14.8 Å². The smallest absolute Gasteiger partial charge is 0.490 e. The van der Waals surface area contributed by atoms with E-state index >= 15 is 0 Å². The summed E-state index contributed by atoms with van der Waals surface area (Å²) in [5, 5.41) is 6.89. The number of hydrogen-bond donors (Lipinski definition) is 1. The topological polar surface area (TPSA) is 74.6 Å². The molecular formula is C21H20F3N3O4. The number of amides is 1. The number of aromatic nitrogens is 2. The SMILES string of the molecule is COCCOc1ccc(NC(=O)c2ccc(OC(F)(F)F)cc2)cc1-c1ccnn1C. The first-order chi connectivity index (χ1) is 14.8. The van der Waals surface area contributed by atoms with Crippen molar-refractivity contribution in [1.29, 1.82) is 0 Å². The summed E-state index contributed by atoms with van der Waals surface area (Å²) in [7, 11) is 3.36. The monoisotopic (exact) mass is 435 g/mol. The second-order valence-corrected chi connectivity index (χ2v) is 6.42. The second kappa shape index (κ2) is 9.52. The first-order valence-electron chi connectivity index (χ1n) is 9.18. The molecule has 3 rings (SSSR count). The van der Waals surface area contributed by atoms with Crippen LogP contribution in [0.3, 0.4) is 0 Å². The van der Waals surface area contributed by atoms with Crippen LogP contribution in [0.5, 0.6) is 11.5 Å². The number of nitrogens with one attached hydrogen (secondary N) is 1. The van der Waals surface area contributed by atoms with Crippen LogP contribution in [0.25, 0.3) is 11.3 Å². The van der Waals surface area contributed by atoms with Gasteiger partial charge in [0.25, 0.3) is 5.91 Å². The molecule has 0 spiro atoms. The minimum absolute atomic E-state index is 0.178. The molecular weight excluding hydrogens is 415 g/mol. The Morgan fingerprint density at radius 3 is 2.45 bits per heavy atom. The number of methoxy groups -OCH3 is 1. The molecule has 0 bridgehead atoms. The minimum Gasteiger partial charge on any atom is -0.490 e. The lowest BCUT2D eigenvalue weighted by Gasteiger charge is -2.14. The normalized spacial score (nSPS) is 11.3. The van der Waals surface area contributed by atoms with Crippen molar-refractivity contribution in [3.63, 3.8) is 0 Å². The van der Waals surface area contributed by atoms with Gasteiger partial charge in [-0.3, -0.25) is 9.48 Å². The third kappa shape index (κ3) is 5.98. The molecule has 0 radical (unpaired) electrons. The average molecular weight is 435 g/mol. The highest BCUT2D eigenvalue weighted by Gasteiger charge is 2.31. The lowest BCUT2D eigenvalue weighted by Crippen LogP contribution is -2.17. The predicted molar refractivity (Wildman–Crippen MR) is 107 cm³/mol. The van der Waals surface area contributed by atoms with E-state index in [-0.39, 0.29) is 5.56 Å². The Balaban J connectivity index is 1.79. The van der Waals surface area contributed by atoms with Crippen molar-refractivity contribution in [1.82, 2.24) is 9.78 Å². The van der Waals surface area contributed by atoms with Gasteiger partial charge in [-0.05, 0) is 48.5 Å². The predicted octanol–water partition coefficient (Wildman–Crippen LogP) is 4.26. The fraction of sp³-hybridized carbons (Fsp3) is 0.238. The molecule has 1 aromatic heterocycles. The number of halogens is 3. The van der Waals surface area contributed by atoms with Crippen molar-refractivity contribution in [3.05, 3.63) is 60.3 Å². The lowest BCUT2D eigenvalue weighted by atomic mass is 10.1. The second-order valence-electron chi connectivity index (χ2n) is 6.42.